The second-order valence-electron chi connectivity index (χ2n) is 4.68. The fourth-order valence-electron chi connectivity index (χ4n) is 2.25. The lowest BCUT2D eigenvalue weighted by atomic mass is 9.97. The molecule has 0 unspecified atom stereocenters. The predicted octanol–water partition coefficient (Wildman–Crippen LogP) is 5.67. The summed E-state index contributed by atoms with van der Waals surface area (Å²) in [5.41, 5.74) is 4.68. The molecule has 0 saturated carbocycles. The van der Waals surface area contributed by atoms with Crippen molar-refractivity contribution in [1.29, 1.82) is 0 Å². The summed E-state index contributed by atoms with van der Waals surface area (Å²) in [5, 5.41) is 1.40. The van der Waals surface area contributed by atoms with Crippen LogP contribution in [0.4, 0.5) is 5.69 Å². The van der Waals surface area contributed by atoms with Gasteiger partial charge in [0.05, 0.1) is 5.69 Å². The zero-order valence-electron chi connectivity index (χ0n) is 10.8. The molecule has 0 aromatic heterocycles. The minimum Gasteiger partial charge on any atom is -0.236 e. The minimum atomic E-state index is 0.637. The smallest absolute Gasteiger partial charge is 0.132 e. The molecule has 1 nitrogen and oxygen atoms in total. The Morgan fingerprint density at radius 1 is 1.22 bits per heavy atom. The molecule has 0 saturated heterocycles. The summed E-state index contributed by atoms with van der Waals surface area (Å²) in [6, 6.07) is 5.80. The second-order valence-corrected chi connectivity index (χ2v) is 5.48. The number of hydrogen-bond acceptors (Lipinski definition) is 1. The third kappa shape index (κ3) is 2.96. The Labute approximate surface area is 119 Å². The quantitative estimate of drug-likeness (QED) is 0.662. The first-order valence-corrected chi connectivity index (χ1v) is 7.09. The van der Waals surface area contributed by atoms with Gasteiger partial charge in [0.1, 0.15) is 5.17 Å². The molecule has 1 heterocycles. The standard InChI is InChI=1S/C15H17Cl2N/c1-3-4-13-10(2)5-6-11-9-12(16)7-8-14(11)18-15(13)17/h7-9H,3-6H2,1-2H3. The molecule has 96 valence electrons. The minimum absolute atomic E-state index is 0.637. The van der Waals surface area contributed by atoms with E-state index in [1.54, 1.807) is 0 Å². The number of allylic oxidation sites excluding steroid dienone is 2. The maximum Gasteiger partial charge on any atom is 0.132 e. The van der Waals surface area contributed by atoms with Gasteiger partial charge in [0.15, 0.2) is 0 Å². The van der Waals surface area contributed by atoms with Crippen LogP contribution < -0.4 is 0 Å². The summed E-state index contributed by atoms with van der Waals surface area (Å²) in [4.78, 5) is 4.56. The molecule has 1 aromatic carbocycles. The van der Waals surface area contributed by atoms with E-state index in [1.165, 1.54) is 16.7 Å². The third-order valence-corrected chi connectivity index (χ3v) is 3.84. The second kappa shape index (κ2) is 5.90. The van der Waals surface area contributed by atoms with Crippen molar-refractivity contribution in [2.45, 2.75) is 39.5 Å². The van der Waals surface area contributed by atoms with Gasteiger partial charge in [0.25, 0.3) is 0 Å². The zero-order chi connectivity index (χ0) is 13.1. The van der Waals surface area contributed by atoms with E-state index in [2.05, 4.69) is 18.8 Å². The number of rotatable bonds is 2. The molecule has 0 atom stereocenters. The van der Waals surface area contributed by atoms with E-state index in [-0.39, 0.29) is 0 Å². The molecule has 3 heteroatoms. The molecule has 0 bridgehead atoms. The first-order chi connectivity index (χ1) is 8.61. The molecule has 0 fully saturated rings. The van der Waals surface area contributed by atoms with Gasteiger partial charge in [0, 0.05) is 5.02 Å². The van der Waals surface area contributed by atoms with Crippen LogP contribution in [0.15, 0.2) is 34.3 Å². The molecule has 2 rings (SSSR count). The SMILES string of the molecule is CCCC1=C(C)CCc2cc(Cl)ccc2N=C1Cl. The number of benzene rings is 1. The van der Waals surface area contributed by atoms with E-state index in [1.807, 2.05) is 18.2 Å². The van der Waals surface area contributed by atoms with Crippen LogP contribution in [-0.2, 0) is 6.42 Å². The highest BCUT2D eigenvalue weighted by Crippen LogP contribution is 2.31. The normalized spacial score (nSPS) is 15.9. The van der Waals surface area contributed by atoms with E-state index in [0.29, 0.717) is 5.17 Å². The van der Waals surface area contributed by atoms with Gasteiger partial charge in [-0.05, 0) is 55.5 Å². The number of aliphatic imine (C=N–C) groups is 1. The number of halogens is 2. The summed E-state index contributed by atoms with van der Waals surface area (Å²) in [5.74, 6) is 0. The van der Waals surface area contributed by atoms with Crippen LogP contribution >= 0.6 is 23.2 Å². The number of fused-ring (bicyclic) bond motifs is 1. The molecule has 1 aromatic rings. The Morgan fingerprint density at radius 3 is 2.72 bits per heavy atom. The monoisotopic (exact) mass is 281 g/mol. The predicted molar refractivity (Wildman–Crippen MR) is 80.3 cm³/mol. The topological polar surface area (TPSA) is 12.4 Å². The van der Waals surface area contributed by atoms with E-state index in [9.17, 15) is 0 Å². The molecule has 0 amide bonds. The van der Waals surface area contributed by atoms with Crippen LogP contribution in [0.2, 0.25) is 5.02 Å². The largest absolute Gasteiger partial charge is 0.236 e. The van der Waals surface area contributed by atoms with Gasteiger partial charge in [0.2, 0.25) is 0 Å². The Balaban J connectivity index is 2.46. The van der Waals surface area contributed by atoms with Crippen molar-refractivity contribution >= 4 is 34.1 Å². The first-order valence-electron chi connectivity index (χ1n) is 6.33. The Morgan fingerprint density at radius 2 is 2.00 bits per heavy atom. The number of aryl methyl sites for hydroxylation is 1. The van der Waals surface area contributed by atoms with Gasteiger partial charge in [-0.1, -0.05) is 42.1 Å². The molecular formula is C15H17Cl2N. The van der Waals surface area contributed by atoms with Crippen LogP contribution in [0, 0.1) is 0 Å². The average Bonchev–Trinajstić information content (AvgIpc) is 2.34. The van der Waals surface area contributed by atoms with Gasteiger partial charge in [-0.3, -0.25) is 0 Å². The van der Waals surface area contributed by atoms with Crippen LogP contribution in [0.1, 0.15) is 38.7 Å². The Hall–Kier alpha value is -0.790. The lowest BCUT2D eigenvalue weighted by Gasteiger charge is -2.15. The summed E-state index contributed by atoms with van der Waals surface area (Å²) >= 11 is 12.4. The Kier molecular flexibility index (Phi) is 4.47. The van der Waals surface area contributed by atoms with Crippen LogP contribution in [-0.4, -0.2) is 5.17 Å². The lowest BCUT2D eigenvalue weighted by molar-refractivity contribution is 0.874. The molecule has 0 spiro atoms. The molecule has 0 radical (unpaired) electrons. The van der Waals surface area contributed by atoms with Crippen molar-refractivity contribution in [3.63, 3.8) is 0 Å². The van der Waals surface area contributed by atoms with Crippen molar-refractivity contribution in [3.05, 3.63) is 39.9 Å². The van der Waals surface area contributed by atoms with Crippen molar-refractivity contribution in [1.82, 2.24) is 0 Å². The molecule has 0 N–H and O–H groups in total. The molecule has 1 aliphatic heterocycles. The summed E-state index contributed by atoms with van der Waals surface area (Å²) in [7, 11) is 0. The van der Waals surface area contributed by atoms with E-state index >= 15 is 0 Å². The van der Waals surface area contributed by atoms with Gasteiger partial charge in [-0.15, -0.1) is 0 Å². The highest BCUT2D eigenvalue weighted by atomic mass is 35.5. The molecular weight excluding hydrogens is 265 g/mol. The number of nitrogens with zero attached hydrogens (tertiary/aromatic N) is 1. The molecule has 0 aliphatic carbocycles. The highest BCUT2D eigenvalue weighted by molar-refractivity contribution is 6.70. The molecule has 18 heavy (non-hydrogen) atoms. The fourth-order valence-corrected chi connectivity index (χ4v) is 2.79. The summed E-state index contributed by atoms with van der Waals surface area (Å²) < 4.78 is 0. The first kappa shape index (κ1) is 13.6. The maximum absolute atomic E-state index is 6.36. The zero-order valence-corrected chi connectivity index (χ0v) is 12.3. The van der Waals surface area contributed by atoms with Crippen molar-refractivity contribution in [3.8, 4) is 0 Å². The summed E-state index contributed by atoms with van der Waals surface area (Å²) in [6.07, 6.45) is 4.08. The third-order valence-electron chi connectivity index (χ3n) is 3.29. The van der Waals surface area contributed by atoms with Gasteiger partial charge in [-0.2, -0.15) is 0 Å². The van der Waals surface area contributed by atoms with E-state index in [0.717, 1.165) is 36.4 Å². The molecule has 1 aliphatic rings. The highest BCUT2D eigenvalue weighted by Gasteiger charge is 2.13. The van der Waals surface area contributed by atoms with Crippen molar-refractivity contribution in [2.24, 2.45) is 4.99 Å². The van der Waals surface area contributed by atoms with E-state index < -0.39 is 0 Å². The Bertz CT molecular complexity index is 515. The maximum atomic E-state index is 6.36. The average molecular weight is 282 g/mol. The van der Waals surface area contributed by atoms with Crippen LogP contribution in [0.25, 0.3) is 0 Å². The van der Waals surface area contributed by atoms with Crippen molar-refractivity contribution < 1.29 is 0 Å². The van der Waals surface area contributed by atoms with Gasteiger partial charge < -0.3 is 0 Å². The van der Waals surface area contributed by atoms with Crippen LogP contribution in [0.5, 0.6) is 0 Å². The number of hydrogen-bond donors (Lipinski definition) is 0. The summed E-state index contributed by atoms with van der Waals surface area (Å²) in [6.45, 7) is 4.31. The fraction of sp³-hybridized carbons (Fsp3) is 0.400. The van der Waals surface area contributed by atoms with Crippen molar-refractivity contribution in [2.75, 3.05) is 0 Å². The van der Waals surface area contributed by atoms with Gasteiger partial charge >= 0.3 is 0 Å². The van der Waals surface area contributed by atoms with E-state index in [4.69, 9.17) is 23.2 Å². The van der Waals surface area contributed by atoms with Crippen LogP contribution in [0.3, 0.4) is 0 Å². The van der Waals surface area contributed by atoms with Gasteiger partial charge in [-0.25, -0.2) is 4.99 Å². The lowest BCUT2D eigenvalue weighted by Crippen LogP contribution is -2.03.